The molecule has 1 fully saturated rings. The lowest BCUT2D eigenvalue weighted by Crippen LogP contribution is -2.51. The Morgan fingerprint density at radius 3 is 2.16 bits per heavy atom. The van der Waals surface area contributed by atoms with E-state index in [1.54, 1.807) is 5.48 Å². The van der Waals surface area contributed by atoms with Crippen molar-refractivity contribution in [2.45, 2.75) is 38.3 Å². The van der Waals surface area contributed by atoms with Crippen molar-refractivity contribution < 1.29 is 20.2 Å². The summed E-state index contributed by atoms with van der Waals surface area (Å²) in [6.07, 6.45) is 1.85. The number of hydroxylamine groups is 1. The molecule has 0 saturated carbocycles. The van der Waals surface area contributed by atoms with Gasteiger partial charge in [0.05, 0.1) is 24.3 Å². The Bertz CT molecular complexity index is 859. The lowest BCUT2D eigenvalue weighted by molar-refractivity contribution is 0.00726. The van der Waals surface area contributed by atoms with Crippen LogP contribution in [0.2, 0.25) is 0 Å². The molecule has 3 rings (SSSR count). The van der Waals surface area contributed by atoms with Gasteiger partial charge < -0.3 is 15.1 Å². The molecule has 0 aliphatic carbocycles. The highest BCUT2D eigenvalue weighted by Gasteiger charge is 2.31. The van der Waals surface area contributed by atoms with Gasteiger partial charge in [0.15, 0.2) is 0 Å². The topological polar surface area (TPSA) is 122 Å². The Balaban J connectivity index is 1.70. The number of piperazine rings is 1. The van der Waals surface area contributed by atoms with Crippen molar-refractivity contribution in [3.63, 3.8) is 0 Å². The minimum Gasteiger partial charge on any atom is -0.394 e. The first kappa shape index (κ1) is 23.1. The number of aliphatic hydroxyl groups is 2. The molecule has 1 aromatic heterocycles. The molecule has 31 heavy (non-hydrogen) atoms. The van der Waals surface area contributed by atoms with Gasteiger partial charge in [0.1, 0.15) is 0 Å². The summed E-state index contributed by atoms with van der Waals surface area (Å²) in [6, 6.07) is 7.92. The second-order valence-electron chi connectivity index (χ2n) is 8.80. The Hall–Kier alpha value is -2.59. The third-order valence-electron chi connectivity index (χ3n) is 5.66. The summed E-state index contributed by atoms with van der Waals surface area (Å²) < 4.78 is 0. The first-order chi connectivity index (χ1) is 14.7. The molecule has 9 heteroatoms. The number of amides is 1. The summed E-state index contributed by atoms with van der Waals surface area (Å²) in [5, 5.41) is 28.9. The van der Waals surface area contributed by atoms with Gasteiger partial charge in [0.25, 0.3) is 5.91 Å². The van der Waals surface area contributed by atoms with Crippen LogP contribution < -0.4 is 10.4 Å². The van der Waals surface area contributed by atoms with Crippen LogP contribution in [0, 0.1) is 0 Å². The fourth-order valence-electron chi connectivity index (χ4n) is 3.82. The van der Waals surface area contributed by atoms with Crippen LogP contribution in [0.1, 0.15) is 48.3 Å². The van der Waals surface area contributed by atoms with E-state index in [1.165, 1.54) is 18.0 Å². The quantitative estimate of drug-likeness (QED) is 0.398. The van der Waals surface area contributed by atoms with Crippen LogP contribution in [0.5, 0.6) is 0 Å². The molecule has 2 heterocycles. The van der Waals surface area contributed by atoms with Crippen molar-refractivity contribution in [2.24, 2.45) is 0 Å². The molecule has 2 unspecified atom stereocenters. The smallest absolute Gasteiger partial charge is 0.277 e. The zero-order valence-electron chi connectivity index (χ0n) is 18.2. The maximum absolute atomic E-state index is 11.4. The highest BCUT2D eigenvalue weighted by atomic mass is 16.5. The molecule has 0 radical (unpaired) electrons. The molecule has 1 amide bonds. The zero-order chi connectivity index (χ0) is 22.6. The Morgan fingerprint density at radius 2 is 1.68 bits per heavy atom. The average molecular weight is 430 g/mol. The number of anilines is 1. The van der Waals surface area contributed by atoms with E-state index in [2.05, 4.69) is 47.8 Å². The molecule has 4 N–H and O–H groups in total. The van der Waals surface area contributed by atoms with E-state index in [0.717, 1.165) is 5.56 Å². The Morgan fingerprint density at radius 1 is 1.10 bits per heavy atom. The lowest BCUT2D eigenvalue weighted by atomic mass is 9.85. The van der Waals surface area contributed by atoms with Crippen molar-refractivity contribution >= 4 is 11.9 Å². The minimum atomic E-state index is -0.889. The molecule has 0 spiro atoms. The highest BCUT2D eigenvalue weighted by molar-refractivity contribution is 5.92. The number of aliphatic hydroxyl groups excluding tert-OH is 2. The van der Waals surface area contributed by atoms with Gasteiger partial charge in [-0.15, -0.1) is 0 Å². The van der Waals surface area contributed by atoms with E-state index in [9.17, 15) is 15.0 Å². The van der Waals surface area contributed by atoms with Crippen LogP contribution in [-0.4, -0.2) is 75.1 Å². The number of carbonyl (C=O) groups is 1. The fraction of sp³-hybridized carbons (Fsp3) is 0.500. The molecule has 1 aliphatic heterocycles. The number of benzene rings is 1. The van der Waals surface area contributed by atoms with Crippen LogP contribution >= 0.6 is 0 Å². The molecular formula is C22H31N5O4. The molecule has 1 aliphatic rings. The molecule has 1 saturated heterocycles. The predicted molar refractivity (Wildman–Crippen MR) is 116 cm³/mol. The summed E-state index contributed by atoms with van der Waals surface area (Å²) in [7, 11) is 0. The normalized spacial score (nSPS) is 17.3. The third kappa shape index (κ3) is 5.37. The van der Waals surface area contributed by atoms with Crippen molar-refractivity contribution in [3.05, 3.63) is 53.3 Å². The molecule has 1 aromatic carbocycles. The van der Waals surface area contributed by atoms with Gasteiger partial charge in [0, 0.05) is 38.6 Å². The van der Waals surface area contributed by atoms with E-state index in [1.807, 2.05) is 17.0 Å². The molecule has 2 aromatic rings. The van der Waals surface area contributed by atoms with Crippen molar-refractivity contribution in [1.82, 2.24) is 20.3 Å². The van der Waals surface area contributed by atoms with Crippen LogP contribution in [-0.2, 0) is 5.41 Å². The number of carbonyl (C=O) groups excluding carboxylic acids is 1. The molecular weight excluding hydrogens is 398 g/mol. The number of nitrogens with zero attached hydrogens (tertiary/aromatic N) is 4. The van der Waals surface area contributed by atoms with E-state index >= 15 is 0 Å². The van der Waals surface area contributed by atoms with Gasteiger partial charge in [-0.05, 0) is 16.5 Å². The summed E-state index contributed by atoms with van der Waals surface area (Å²) in [5.74, 6) is -0.155. The van der Waals surface area contributed by atoms with Crippen LogP contribution in [0.25, 0.3) is 0 Å². The summed E-state index contributed by atoms with van der Waals surface area (Å²) in [5.41, 5.74) is 3.97. The second kappa shape index (κ2) is 9.69. The van der Waals surface area contributed by atoms with Gasteiger partial charge in [-0.3, -0.25) is 14.9 Å². The zero-order valence-corrected chi connectivity index (χ0v) is 18.2. The van der Waals surface area contributed by atoms with Crippen molar-refractivity contribution in [1.29, 1.82) is 0 Å². The second-order valence-corrected chi connectivity index (χ2v) is 8.80. The van der Waals surface area contributed by atoms with Gasteiger partial charge in [-0.2, -0.15) is 0 Å². The maximum Gasteiger partial charge on any atom is 0.277 e. The van der Waals surface area contributed by atoms with Gasteiger partial charge >= 0.3 is 0 Å². The standard InChI is InChI=1S/C22H31N5O4/c1-22(2,3)17-6-4-15(5-7-17)19(18(29)14-28)26-8-10-27(11-9-26)21-23-12-16(13-24-21)20(30)25-31/h4-7,12-13,18-19,28-29,31H,8-11,14H2,1-3H3,(H,25,30). The Labute approximate surface area is 182 Å². The number of rotatable bonds is 6. The number of nitrogens with one attached hydrogen (secondary N) is 1. The fourth-order valence-corrected chi connectivity index (χ4v) is 3.82. The first-order valence-electron chi connectivity index (χ1n) is 10.4. The van der Waals surface area contributed by atoms with Gasteiger partial charge in [-0.25, -0.2) is 15.4 Å². The highest BCUT2D eigenvalue weighted by Crippen LogP contribution is 2.29. The minimum absolute atomic E-state index is 0.0443. The largest absolute Gasteiger partial charge is 0.394 e. The van der Waals surface area contributed by atoms with Gasteiger partial charge in [0.2, 0.25) is 5.95 Å². The molecule has 9 nitrogen and oxygen atoms in total. The first-order valence-corrected chi connectivity index (χ1v) is 10.4. The van der Waals surface area contributed by atoms with Gasteiger partial charge in [-0.1, -0.05) is 45.0 Å². The Kier molecular flexibility index (Phi) is 7.22. The summed E-state index contributed by atoms with van der Waals surface area (Å²) in [6.45, 7) is 8.75. The third-order valence-corrected chi connectivity index (χ3v) is 5.66. The number of hydrogen-bond donors (Lipinski definition) is 4. The van der Waals surface area contributed by atoms with E-state index in [4.69, 9.17) is 5.21 Å². The van der Waals surface area contributed by atoms with E-state index in [0.29, 0.717) is 32.1 Å². The number of hydrogen-bond acceptors (Lipinski definition) is 8. The molecule has 2 atom stereocenters. The van der Waals surface area contributed by atoms with E-state index in [-0.39, 0.29) is 23.6 Å². The van der Waals surface area contributed by atoms with Crippen LogP contribution in [0.15, 0.2) is 36.7 Å². The van der Waals surface area contributed by atoms with Crippen molar-refractivity contribution in [2.75, 3.05) is 37.7 Å². The predicted octanol–water partition coefficient (Wildman–Crippen LogP) is 1.11. The molecule has 0 bridgehead atoms. The summed E-state index contributed by atoms with van der Waals surface area (Å²) >= 11 is 0. The van der Waals surface area contributed by atoms with Crippen LogP contribution in [0.4, 0.5) is 5.95 Å². The average Bonchev–Trinajstić information content (AvgIpc) is 2.79. The van der Waals surface area contributed by atoms with E-state index < -0.39 is 12.0 Å². The number of aromatic nitrogens is 2. The summed E-state index contributed by atoms with van der Waals surface area (Å²) in [4.78, 5) is 24.0. The lowest BCUT2D eigenvalue weighted by Gasteiger charge is -2.41. The van der Waals surface area contributed by atoms with Crippen LogP contribution in [0.3, 0.4) is 0 Å². The SMILES string of the molecule is CC(C)(C)c1ccc(C(C(O)CO)N2CCN(c3ncc(C(=O)NO)cn3)CC2)cc1. The maximum atomic E-state index is 11.4. The molecule has 168 valence electrons. The monoisotopic (exact) mass is 429 g/mol. The van der Waals surface area contributed by atoms with Crippen molar-refractivity contribution in [3.8, 4) is 0 Å².